The molecule has 0 saturated heterocycles. The van der Waals surface area contributed by atoms with Crippen molar-refractivity contribution in [1.29, 1.82) is 0 Å². The lowest BCUT2D eigenvalue weighted by Gasteiger charge is -2.20. The second-order valence-electron chi connectivity index (χ2n) is 3.93. The Morgan fingerprint density at radius 1 is 0.944 bits per heavy atom. The second kappa shape index (κ2) is 6.49. The molecule has 1 N–H and O–H groups in total. The molecule has 92 valence electrons. The number of rotatable bonds is 4. The summed E-state index contributed by atoms with van der Waals surface area (Å²) >= 11 is 0. The molecule has 0 bridgehead atoms. The summed E-state index contributed by atoms with van der Waals surface area (Å²) in [5, 5.41) is 6.19. The van der Waals surface area contributed by atoms with Crippen LogP contribution in [0.4, 0.5) is 0 Å². The van der Waals surface area contributed by atoms with Gasteiger partial charge in [0.25, 0.3) is 0 Å². The van der Waals surface area contributed by atoms with Gasteiger partial charge < -0.3 is 0 Å². The Morgan fingerprint density at radius 2 is 1.50 bits per heavy atom. The van der Waals surface area contributed by atoms with Crippen molar-refractivity contribution in [3.8, 4) is 0 Å². The molecule has 0 aliphatic carbocycles. The van der Waals surface area contributed by atoms with E-state index in [4.69, 9.17) is 0 Å². The highest BCUT2D eigenvalue weighted by Gasteiger charge is 2.14. The molecule has 0 fully saturated rings. The van der Waals surface area contributed by atoms with Gasteiger partial charge in [0.15, 0.2) is 0 Å². The topological polar surface area (TPSA) is 12.0 Å². The number of allylic oxidation sites excluding steroid dienone is 1. The van der Waals surface area contributed by atoms with Crippen LogP contribution in [0.1, 0.15) is 12.5 Å². The molecular weight excluding hydrogens is 237 g/mol. The summed E-state index contributed by atoms with van der Waals surface area (Å²) in [4.78, 5) is 0. The second-order valence-corrected chi connectivity index (χ2v) is 6.05. The summed E-state index contributed by atoms with van der Waals surface area (Å²) in [6, 6.07) is 21.2. The standard InChI is InChI=1S/C16H18NP/c1-3-16(14-10-6-4-7-11-14)18(17-2)15-12-8-5-9-13-15/h3-13,17H,1-2H3/b16-3+. The Hall–Kier alpha value is -1.43. The van der Waals surface area contributed by atoms with Crippen molar-refractivity contribution >= 4 is 18.7 Å². The van der Waals surface area contributed by atoms with Crippen LogP contribution in [-0.2, 0) is 0 Å². The third-order valence-corrected chi connectivity index (χ3v) is 5.08. The van der Waals surface area contributed by atoms with E-state index in [0.29, 0.717) is 0 Å². The van der Waals surface area contributed by atoms with Crippen molar-refractivity contribution in [1.82, 2.24) is 5.09 Å². The third kappa shape index (κ3) is 2.87. The minimum Gasteiger partial charge on any atom is -0.292 e. The molecule has 1 nitrogen and oxygen atoms in total. The molecule has 0 saturated carbocycles. The highest BCUT2D eigenvalue weighted by atomic mass is 31.1. The summed E-state index contributed by atoms with van der Waals surface area (Å²) in [6.07, 6.45) is 2.21. The molecule has 1 atom stereocenters. The first-order valence-electron chi connectivity index (χ1n) is 6.11. The molecule has 0 heterocycles. The van der Waals surface area contributed by atoms with E-state index in [2.05, 4.69) is 78.8 Å². The van der Waals surface area contributed by atoms with Crippen LogP contribution in [0, 0.1) is 0 Å². The Bertz CT molecular complexity index is 505. The van der Waals surface area contributed by atoms with Crippen LogP contribution >= 0.6 is 8.07 Å². The minimum absolute atomic E-state index is 0.482. The van der Waals surface area contributed by atoms with Crippen molar-refractivity contribution in [2.24, 2.45) is 0 Å². The summed E-state index contributed by atoms with van der Waals surface area (Å²) in [5.74, 6) is 0. The zero-order valence-corrected chi connectivity index (χ0v) is 11.7. The SMILES string of the molecule is C/C=C(\c1ccccc1)P(NC)c1ccccc1. The van der Waals surface area contributed by atoms with E-state index in [1.165, 1.54) is 16.2 Å². The maximum atomic E-state index is 3.46. The molecule has 2 heteroatoms. The Kier molecular flexibility index (Phi) is 4.69. The van der Waals surface area contributed by atoms with Gasteiger partial charge in [0, 0.05) is 8.07 Å². The highest BCUT2D eigenvalue weighted by molar-refractivity contribution is 7.73. The van der Waals surface area contributed by atoms with E-state index in [-0.39, 0.29) is 0 Å². The van der Waals surface area contributed by atoms with Gasteiger partial charge in [-0.3, -0.25) is 5.09 Å². The van der Waals surface area contributed by atoms with E-state index in [1.807, 2.05) is 7.05 Å². The molecule has 1 unspecified atom stereocenters. The summed E-state index contributed by atoms with van der Waals surface area (Å²) in [5.41, 5.74) is 1.30. The Balaban J connectivity index is 2.38. The first-order valence-corrected chi connectivity index (χ1v) is 7.45. The van der Waals surface area contributed by atoms with Crippen molar-refractivity contribution in [3.63, 3.8) is 0 Å². The molecule has 2 aromatic rings. The molecule has 0 amide bonds. The van der Waals surface area contributed by atoms with Gasteiger partial charge in [-0.15, -0.1) is 0 Å². The van der Waals surface area contributed by atoms with Crippen molar-refractivity contribution in [2.75, 3.05) is 7.05 Å². The maximum absolute atomic E-state index is 3.46. The van der Waals surface area contributed by atoms with Gasteiger partial charge in [0.1, 0.15) is 0 Å². The largest absolute Gasteiger partial charge is 0.292 e. The molecule has 2 rings (SSSR count). The van der Waals surface area contributed by atoms with E-state index in [9.17, 15) is 0 Å². The van der Waals surface area contributed by atoms with Gasteiger partial charge in [-0.1, -0.05) is 66.7 Å². The zero-order chi connectivity index (χ0) is 12.8. The van der Waals surface area contributed by atoms with Crippen LogP contribution < -0.4 is 10.4 Å². The van der Waals surface area contributed by atoms with Crippen molar-refractivity contribution in [2.45, 2.75) is 6.92 Å². The first-order chi connectivity index (χ1) is 8.86. The van der Waals surface area contributed by atoms with Crippen LogP contribution in [0.5, 0.6) is 0 Å². The van der Waals surface area contributed by atoms with E-state index >= 15 is 0 Å². The first kappa shape index (κ1) is 13.0. The van der Waals surface area contributed by atoms with Crippen LogP contribution in [0.2, 0.25) is 0 Å². The fourth-order valence-corrected chi connectivity index (χ4v) is 3.91. The zero-order valence-electron chi connectivity index (χ0n) is 10.8. The fraction of sp³-hybridized carbons (Fsp3) is 0.125. The molecule has 0 aliphatic heterocycles. The number of nitrogens with one attached hydrogen (secondary N) is 1. The average Bonchev–Trinajstić information content (AvgIpc) is 2.46. The van der Waals surface area contributed by atoms with Gasteiger partial charge in [0.05, 0.1) is 0 Å². The van der Waals surface area contributed by atoms with Crippen molar-refractivity contribution < 1.29 is 0 Å². The van der Waals surface area contributed by atoms with Gasteiger partial charge in [-0.25, -0.2) is 0 Å². The average molecular weight is 255 g/mol. The Labute approximate surface area is 110 Å². The van der Waals surface area contributed by atoms with Crippen LogP contribution in [0.3, 0.4) is 0 Å². The predicted molar refractivity (Wildman–Crippen MR) is 82.1 cm³/mol. The molecule has 18 heavy (non-hydrogen) atoms. The maximum Gasteiger partial charge on any atom is 0.0253 e. The van der Waals surface area contributed by atoms with Gasteiger partial charge in [-0.05, 0) is 30.2 Å². The van der Waals surface area contributed by atoms with Gasteiger partial charge in [-0.2, -0.15) is 0 Å². The smallest absolute Gasteiger partial charge is 0.0253 e. The predicted octanol–water partition coefficient (Wildman–Crippen LogP) is 3.99. The number of hydrogen-bond acceptors (Lipinski definition) is 1. The monoisotopic (exact) mass is 255 g/mol. The fourth-order valence-electron chi connectivity index (χ4n) is 2.00. The lowest BCUT2D eigenvalue weighted by atomic mass is 10.2. The third-order valence-electron chi connectivity index (χ3n) is 2.82. The molecule has 0 radical (unpaired) electrons. The molecular formula is C16H18NP. The number of benzene rings is 2. The molecule has 0 spiro atoms. The lowest BCUT2D eigenvalue weighted by molar-refractivity contribution is 1.28. The number of hydrogen-bond donors (Lipinski definition) is 1. The molecule has 2 aromatic carbocycles. The highest BCUT2D eigenvalue weighted by Crippen LogP contribution is 2.45. The van der Waals surface area contributed by atoms with Crippen LogP contribution in [0.25, 0.3) is 5.31 Å². The van der Waals surface area contributed by atoms with Gasteiger partial charge >= 0.3 is 0 Å². The van der Waals surface area contributed by atoms with Crippen molar-refractivity contribution in [3.05, 3.63) is 72.3 Å². The molecule has 0 aromatic heterocycles. The normalized spacial score (nSPS) is 13.3. The molecule has 0 aliphatic rings. The van der Waals surface area contributed by atoms with E-state index in [0.717, 1.165) is 0 Å². The summed E-state index contributed by atoms with van der Waals surface area (Å²) in [6.45, 7) is 2.11. The van der Waals surface area contributed by atoms with E-state index in [1.54, 1.807) is 0 Å². The van der Waals surface area contributed by atoms with Crippen LogP contribution in [-0.4, -0.2) is 7.05 Å². The van der Waals surface area contributed by atoms with E-state index < -0.39 is 8.07 Å². The van der Waals surface area contributed by atoms with Crippen LogP contribution in [0.15, 0.2) is 66.7 Å². The minimum atomic E-state index is -0.482. The lowest BCUT2D eigenvalue weighted by Crippen LogP contribution is -2.11. The Morgan fingerprint density at radius 3 is 2.00 bits per heavy atom. The van der Waals surface area contributed by atoms with Gasteiger partial charge in [0.2, 0.25) is 0 Å². The summed E-state index contributed by atoms with van der Waals surface area (Å²) < 4.78 is 0. The summed E-state index contributed by atoms with van der Waals surface area (Å²) in [7, 11) is 1.55. The quantitative estimate of drug-likeness (QED) is 0.814.